The number of ether oxygens (including phenoxy) is 1. The molecule has 1 aromatic carbocycles. The fraction of sp³-hybridized carbons (Fsp3) is 0.500. The second-order valence-corrected chi connectivity index (χ2v) is 6.30. The molecular weight excluding hydrogens is 285 g/mol. The second kappa shape index (κ2) is 6.44. The maximum Gasteiger partial charge on any atom is 0.167 e. The van der Waals surface area contributed by atoms with Crippen molar-refractivity contribution >= 4 is 16.7 Å². The SMILES string of the molecule is COc1cc2c(NCC(C)(C)CC(C)O)ncnc2cc1F. The van der Waals surface area contributed by atoms with E-state index in [1.807, 2.05) is 0 Å². The fourth-order valence-electron chi connectivity index (χ4n) is 2.55. The molecule has 0 aliphatic heterocycles. The average Bonchev–Trinajstić information content (AvgIpc) is 2.42. The summed E-state index contributed by atoms with van der Waals surface area (Å²) in [6.45, 7) is 6.53. The van der Waals surface area contributed by atoms with Gasteiger partial charge in [0.2, 0.25) is 0 Å². The number of hydrogen-bond donors (Lipinski definition) is 2. The predicted octanol–water partition coefficient (Wildman–Crippen LogP) is 2.99. The Hall–Kier alpha value is -1.95. The van der Waals surface area contributed by atoms with E-state index >= 15 is 0 Å². The number of nitrogens with one attached hydrogen (secondary N) is 1. The van der Waals surface area contributed by atoms with Gasteiger partial charge in [0.1, 0.15) is 12.1 Å². The van der Waals surface area contributed by atoms with Gasteiger partial charge in [-0.1, -0.05) is 13.8 Å². The fourth-order valence-corrected chi connectivity index (χ4v) is 2.55. The first-order chi connectivity index (χ1) is 10.3. The lowest BCUT2D eigenvalue weighted by Crippen LogP contribution is -2.27. The monoisotopic (exact) mass is 307 g/mol. The van der Waals surface area contributed by atoms with Crippen LogP contribution in [0.1, 0.15) is 27.2 Å². The molecule has 0 fully saturated rings. The lowest BCUT2D eigenvalue weighted by Gasteiger charge is -2.26. The number of aliphatic hydroxyl groups is 1. The largest absolute Gasteiger partial charge is 0.494 e. The van der Waals surface area contributed by atoms with Gasteiger partial charge in [-0.15, -0.1) is 0 Å². The standard InChI is InChI=1S/C16H22FN3O2/c1-10(21)7-16(2,3)8-18-15-11-5-14(22-4)12(17)6-13(11)19-9-20-15/h5-6,9-10,21H,7-8H2,1-4H3,(H,18,19,20). The van der Waals surface area contributed by atoms with E-state index in [4.69, 9.17) is 4.74 Å². The average molecular weight is 307 g/mol. The van der Waals surface area contributed by atoms with Gasteiger partial charge in [-0.25, -0.2) is 14.4 Å². The number of fused-ring (bicyclic) bond motifs is 1. The van der Waals surface area contributed by atoms with Crippen LogP contribution in [0.15, 0.2) is 18.5 Å². The number of anilines is 1. The summed E-state index contributed by atoms with van der Waals surface area (Å²) in [6, 6.07) is 2.93. The van der Waals surface area contributed by atoms with E-state index in [1.165, 1.54) is 19.5 Å². The summed E-state index contributed by atoms with van der Waals surface area (Å²) in [5.41, 5.74) is 0.416. The number of aromatic nitrogens is 2. The molecule has 2 aromatic rings. The Labute approximate surface area is 129 Å². The number of rotatable bonds is 6. The minimum atomic E-state index is -0.450. The number of hydrogen-bond acceptors (Lipinski definition) is 5. The van der Waals surface area contributed by atoms with E-state index in [0.717, 1.165) is 0 Å². The molecule has 0 saturated carbocycles. The van der Waals surface area contributed by atoms with Crippen LogP contribution in [0.25, 0.3) is 10.9 Å². The van der Waals surface area contributed by atoms with E-state index in [2.05, 4.69) is 29.1 Å². The van der Waals surface area contributed by atoms with Gasteiger partial charge in [0, 0.05) is 18.0 Å². The summed E-state index contributed by atoms with van der Waals surface area (Å²) in [7, 11) is 1.42. The molecule has 1 unspecified atom stereocenters. The van der Waals surface area contributed by atoms with Crippen LogP contribution in [-0.2, 0) is 0 Å². The maximum atomic E-state index is 13.7. The highest BCUT2D eigenvalue weighted by Crippen LogP contribution is 2.29. The Morgan fingerprint density at radius 2 is 2.09 bits per heavy atom. The summed E-state index contributed by atoms with van der Waals surface area (Å²) >= 11 is 0. The van der Waals surface area contributed by atoms with Gasteiger partial charge < -0.3 is 15.2 Å². The summed E-state index contributed by atoms with van der Waals surface area (Å²) < 4.78 is 18.8. The molecular formula is C16H22FN3O2. The van der Waals surface area contributed by atoms with Crippen LogP contribution in [0, 0.1) is 11.2 Å². The van der Waals surface area contributed by atoms with Crippen molar-refractivity contribution in [3.05, 3.63) is 24.3 Å². The number of nitrogens with zero attached hydrogens (tertiary/aromatic N) is 2. The molecule has 0 aliphatic carbocycles. The van der Waals surface area contributed by atoms with Crippen molar-refractivity contribution < 1.29 is 14.2 Å². The number of methoxy groups -OCH3 is 1. The molecule has 120 valence electrons. The molecule has 6 heteroatoms. The lowest BCUT2D eigenvalue weighted by atomic mass is 9.87. The first-order valence-electron chi connectivity index (χ1n) is 7.22. The molecule has 1 aromatic heterocycles. The van der Waals surface area contributed by atoms with E-state index in [-0.39, 0.29) is 17.3 Å². The van der Waals surface area contributed by atoms with Crippen molar-refractivity contribution in [3.63, 3.8) is 0 Å². The molecule has 0 aliphatic rings. The smallest absolute Gasteiger partial charge is 0.167 e. The van der Waals surface area contributed by atoms with Crippen LogP contribution in [-0.4, -0.2) is 34.8 Å². The normalized spacial score (nSPS) is 13.2. The molecule has 0 bridgehead atoms. The third-order valence-corrected chi connectivity index (χ3v) is 3.49. The van der Waals surface area contributed by atoms with E-state index < -0.39 is 5.82 Å². The van der Waals surface area contributed by atoms with Crippen LogP contribution in [0.2, 0.25) is 0 Å². The Morgan fingerprint density at radius 3 is 2.73 bits per heavy atom. The molecule has 2 N–H and O–H groups in total. The molecule has 0 radical (unpaired) electrons. The Morgan fingerprint density at radius 1 is 1.36 bits per heavy atom. The number of halogens is 1. The van der Waals surface area contributed by atoms with Crippen molar-refractivity contribution in [2.45, 2.75) is 33.3 Å². The molecule has 5 nitrogen and oxygen atoms in total. The maximum absolute atomic E-state index is 13.7. The zero-order valence-corrected chi connectivity index (χ0v) is 13.4. The Balaban J connectivity index is 2.28. The molecule has 0 amide bonds. The van der Waals surface area contributed by atoms with E-state index in [1.54, 1.807) is 13.0 Å². The van der Waals surface area contributed by atoms with Gasteiger partial charge in [-0.3, -0.25) is 0 Å². The van der Waals surface area contributed by atoms with Gasteiger partial charge in [-0.05, 0) is 24.8 Å². The van der Waals surface area contributed by atoms with Crippen molar-refractivity contribution in [3.8, 4) is 5.75 Å². The minimum Gasteiger partial charge on any atom is -0.494 e. The van der Waals surface area contributed by atoms with Crippen LogP contribution in [0.3, 0.4) is 0 Å². The van der Waals surface area contributed by atoms with Crippen LogP contribution in [0.4, 0.5) is 10.2 Å². The Kier molecular flexibility index (Phi) is 4.81. The summed E-state index contributed by atoms with van der Waals surface area (Å²) in [5, 5.41) is 13.5. The molecule has 1 heterocycles. The molecule has 2 rings (SSSR count). The minimum absolute atomic E-state index is 0.102. The predicted molar refractivity (Wildman–Crippen MR) is 84.6 cm³/mol. The zero-order valence-electron chi connectivity index (χ0n) is 13.4. The van der Waals surface area contributed by atoms with Crippen LogP contribution < -0.4 is 10.1 Å². The summed E-state index contributed by atoms with van der Waals surface area (Å²) in [5.74, 6) is 0.338. The van der Waals surface area contributed by atoms with Crippen molar-refractivity contribution in [1.82, 2.24) is 9.97 Å². The van der Waals surface area contributed by atoms with Gasteiger partial charge in [0.05, 0.1) is 18.7 Å². The quantitative estimate of drug-likeness (QED) is 0.859. The first-order valence-corrected chi connectivity index (χ1v) is 7.22. The van der Waals surface area contributed by atoms with Gasteiger partial charge in [0.15, 0.2) is 11.6 Å². The Bertz CT molecular complexity index is 659. The molecule has 1 atom stereocenters. The van der Waals surface area contributed by atoms with Crippen molar-refractivity contribution in [2.75, 3.05) is 19.0 Å². The first kappa shape index (κ1) is 16.4. The summed E-state index contributed by atoms with van der Waals surface area (Å²) in [4.78, 5) is 8.32. The highest BCUT2D eigenvalue weighted by Gasteiger charge is 2.21. The highest BCUT2D eigenvalue weighted by atomic mass is 19.1. The number of aliphatic hydroxyl groups excluding tert-OH is 1. The highest BCUT2D eigenvalue weighted by molar-refractivity contribution is 5.90. The lowest BCUT2D eigenvalue weighted by molar-refractivity contribution is 0.135. The third-order valence-electron chi connectivity index (χ3n) is 3.49. The van der Waals surface area contributed by atoms with E-state index in [9.17, 15) is 9.50 Å². The zero-order chi connectivity index (χ0) is 16.3. The third kappa shape index (κ3) is 3.82. The van der Waals surface area contributed by atoms with Crippen molar-refractivity contribution in [1.29, 1.82) is 0 Å². The molecule has 0 spiro atoms. The van der Waals surface area contributed by atoms with Gasteiger partial charge >= 0.3 is 0 Å². The molecule has 22 heavy (non-hydrogen) atoms. The number of benzene rings is 1. The second-order valence-electron chi connectivity index (χ2n) is 6.30. The van der Waals surface area contributed by atoms with Crippen molar-refractivity contribution in [2.24, 2.45) is 5.41 Å². The van der Waals surface area contributed by atoms with E-state index in [0.29, 0.717) is 29.7 Å². The van der Waals surface area contributed by atoms with Gasteiger partial charge in [0.25, 0.3) is 0 Å². The van der Waals surface area contributed by atoms with Gasteiger partial charge in [-0.2, -0.15) is 0 Å². The van der Waals surface area contributed by atoms with Crippen LogP contribution in [0.5, 0.6) is 5.75 Å². The van der Waals surface area contributed by atoms with Crippen LogP contribution >= 0.6 is 0 Å². The summed E-state index contributed by atoms with van der Waals surface area (Å²) in [6.07, 6.45) is 1.70. The topological polar surface area (TPSA) is 67.3 Å². The molecule has 0 saturated heterocycles.